The summed E-state index contributed by atoms with van der Waals surface area (Å²) in [5.74, 6) is 3.15. The molecule has 3 heterocycles. The van der Waals surface area contributed by atoms with Crippen LogP contribution in [0.5, 0.6) is 11.5 Å². The average molecular weight is 400 g/mol. The van der Waals surface area contributed by atoms with Crippen LogP contribution in [0.15, 0.2) is 24.5 Å². The predicted octanol–water partition coefficient (Wildman–Crippen LogP) is 1.56. The van der Waals surface area contributed by atoms with Crippen molar-refractivity contribution >= 4 is 17.3 Å². The number of methoxy groups -OCH3 is 1. The van der Waals surface area contributed by atoms with Gasteiger partial charge in [0.15, 0.2) is 23.1 Å². The maximum Gasteiger partial charge on any atom is 0.231 e. The highest BCUT2D eigenvalue weighted by molar-refractivity contribution is 5.75. The first-order valence-corrected chi connectivity index (χ1v) is 9.93. The molecule has 1 saturated heterocycles. The van der Waals surface area contributed by atoms with Crippen molar-refractivity contribution in [1.29, 1.82) is 0 Å². The number of nitrogens with zero attached hydrogens (tertiary/aromatic N) is 4. The molecule has 0 amide bonds. The van der Waals surface area contributed by atoms with Crippen LogP contribution < -0.4 is 25.4 Å². The number of benzene rings is 1. The number of nitrogens with two attached hydrogens (primary N) is 1. The van der Waals surface area contributed by atoms with Crippen molar-refractivity contribution < 1.29 is 14.2 Å². The van der Waals surface area contributed by atoms with Crippen molar-refractivity contribution in [3.05, 3.63) is 30.1 Å². The quantitative estimate of drug-likeness (QED) is 0.640. The minimum atomic E-state index is 0.307. The second-order valence-corrected chi connectivity index (χ2v) is 7.18. The molecule has 2 aliphatic rings. The number of ether oxygens (including phenoxy) is 3. The van der Waals surface area contributed by atoms with Gasteiger partial charge in [-0.25, -0.2) is 9.97 Å². The zero-order chi connectivity index (χ0) is 20.1. The van der Waals surface area contributed by atoms with E-state index < -0.39 is 0 Å². The number of aromatic nitrogens is 2. The van der Waals surface area contributed by atoms with E-state index in [1.807, 2.05) is 6.07 Å². The zero-order valence-electron chi connectivity index (χ0n) is 16.8. The van der Waals surface area contributed by atoms with Crippen LogP contribution in [-0.2, 0) is 11.3 Å². The third-order valence-corrected chi connectivity index (χ3v) is 5.20. The molecular weight excluding hydrogens is 372 g/mol. The second kappa shape index (κ2) is 9.15. The van der Waals surface area contributed by atoms with Crippen molar-refractivity contribution in [2.45, 2.75) is 13.0 Å². The normalized spacial score (nSPS) is 16.2. The molecule has 9 heteroatoms. The Labute approximate surface area is 170 Å². The molecule has 1 aromatic heterocycles. The highest BCUT2D eigenvalue weighted by Crippen LogP contribution is 2.33. The molecule has 0 radical (unpaired) electrons. The Morgan fingerprint density at radius 3 is 2.79 bits per heavy atom. The van der Waals surface area contributed by atoms with Gasteiger partial charge < -0.3 is 30.2 Å². The molecule has 9 nitrogen and oxygen atoms in total. The summed E-state index contributed by atoms with van der Waals surface area (Å²) in [4.78, 5) is 13.4. The number of hydrogen-bond donors (Lipinski definition) is 2. The largest absolute Gasteiger partial charge is 0.454 e. The first-order valence-electron chi connectivity index (χ1n) is 9.93. The number of rotatable bonds is 8. The number of nitrogen functional groups attached to an aromatic ring is 1. The summed E-state index contributed by atoms with van der Waals surface area (Å²) in [6.45, 7) is 6.28. The molecule has 1 fully saturated rings. The van der Waals surface area contributed by atoms with E-state index >= 15 is 0 Å². The summed E-state index contributed by atoms with van der Waals surface area (Å²) < 4.78 is 15.9. The molecule has 0 aliphatic carbocycles. The van der Waals surface area contributed by atoms with Crippen molar-refractivity contribution in [1.82, 2.24) is 14.9 Å². The van der Waals surface area contributed by atoms with Gasteiger partial charge in [-0.2, -0.15) is 0 Å². The Morgan fingerprint density at radius 2 is 1.97 bits per heavy atom. The van der Waals surface area contributed by atoms with E-state index in [0.29, 0.717) is 24.9 Å². The van der Waals surface area contributed by atoms with Gasteiger partial charge in [0.05, 0.1) is 0 Å². The second-order valence-electron chi connectivity index (χ2n) is 7.18. The van der Waals surface area contributed by atoms with Crippen LogP contribution in [0.3, 0.4) is 0 Å². The van der Waals surface area contributed by atoms with Crippen molar-refractivity contribution in [2.75, 3.05) is 69.2 Å². The Bertz CT molecular complexity index is 826. The van der Waals surface area contributed by atoms with Gasteiger partial charge in [0.25, 0.3) is 0 Å². The van der Waals surface area contributed by atoms with E-state index in [1.54, 1.807) is 13.4 Å². The van der Waals surface area contributed by atoms with E-state index in [-0.39, 0.29) is 0 Å². The highest BCUT2D eigenvalue weighted by atomic mass is 16.7. The fraction of sp³-hybridized carbons (Fsp3) is 0.500. The predicted molar refractivity (Wildman–Crippen MR) is 111 cm³/mol. The molecule has 4 rings (SSSR count). The first-order chi connectivity index (χ1) is 14.2. The van der Waals surface area contributed by atoms with Crippen molar-refractivity contribution in [3.8, 4) is 11.5 Å². The van der Waals surface area contributed by atoms with Gasteiger partial charge in [0.1, 0.15) is 12.0 Å². The van der Waals surface area contributed by atoms with Gasteiger partial charge in [-0.15, -0.1) is 0 Å². The molecule has 2 aromatic rings. The van der Waals surface area contributed by atoms with Crippen molar-refractivity contribution in [2.24, 2.45) is 0 Å². The molecule has 3 N–H and O–H groups in total. The first kappa shape index (κ1) is 19.5. The van der Waals surface area contributed by atoms with Gasteiger partial charge in [-0.1, -0.05) is 6.07 Å². The Balaban J connectivity index is 1.32. The Morgan fingerprint density at radius 1 is 1.14 bits per heavy atom. The lowest BCUT2D eigenvalue weighted by Gasteiger charge is -2.36. The molecule has 0 bridgehead atoms. The van der Waals surface area contributed by atoms with Crippen LogP contribution >= 0.6 is 0 Å². The van der Waals surface area contributed by atoms with Crippen molar-refractivity contribution in [3.63, 3.8) is 0 Å². The average Bonchev–Trinajstić information content (AvgIpc) is 3.21. The third-order valence-electron chi connectivity index (χ3n) is 5.20. The van der Waals surface area contributed by atoms with Crippen LogP contribution in [0.2, 0.25) is 0 Å². The molecule has 0 spiro atoms. The van der Waals surface area contributed by atoms with Crippen LogP contribution in [0.4, 0.5) is 17.3 Å². The molecule has 29 heavy (non-hydrogen) atoms. The van der Waals surface area contributed by atoms with Gasteiger partial charge >= 0.3 is 0 Å². The fourth-order valence-electron chi connectivity index (χ4n) is 3.62. The standard InChI is InChI=1S/C20H28N6O3/c1-27-10-2-5-22-19-18(21)20(24-13-23-19)26-8-6-25(7-9-26)12-15-3-4-16-17(11-15)29-14-28-16/h3-4,11,13H,2,5-10,12,14,21H2,1H3,(H,22,23,24). The summed E-state index contributed by atoms with van der Waals surface area (Å²) in [7, 11) is 1.70. The van der Waals surface area contributed by atoms with Crippen LogP contribution in [-0.4, -0.2) is 68.1 Å². The summed E-state index contributed by atoms with van der Waals surface area (Å²) in [6.07, 6.45) is 2.47. The van der Waals surface area contributed by atoms with E-state index in [1.165, 1.54) is 5.56 Å². The monoisotopic (exact) mass is 400 g/mol. The zero-order valence-corrected chi connectivity index (χ0v) is 16.8. The summed E-state index contributed by atoms with van der Waals surface area (Å²) in [5, 5.41) is 3.27. The lowest BCUT2D eigenvalue weighted by atomic mass is 10.1. The minimum absolute atomic E-state index is 0.307. The topological polar surface area (TPSA) is 98.0 Å². The van der Waals surface area contributed by atoms with Crippen LogP contribution in [0.25, 0.3) is 0 Å². The van der Waals surface area contributed by atoms with E-state index in [4.69, 9.17) is 19.9 Å². The van der Waals surface area contributed by atoms with E-state index in [9.17, 15) is 0 Å². The molecule has 0 saturated carbocycles. The van der Waals surface area contributed by atoms with Gasteiger partial charge in [-0.05, 0) is 24.1 Å². The molecule has 156 valence electrons. The third kappa shape index (κ3) is 4.63. The summed E-state index contributed by atoms with van der Waals surface area (Å²) >= 11 is 0. The molecular formula is C20H28N6O3. The molecule has 0 unspecified atom stereocenters. The SMILES string of the molecule is COCCCNc1ncnc(N2CCN(Cc3ccc4c(c3)OCO4)CC2)c1N. The Kier molecular flexibility index (Phi) is 6.16. The Hall–Kier alpha value is -2.78. The summed E-state index contributed by atoms with van der Waals surface area (Å²) in [6, 6.07) is 6.15. The lowest BCUT2D eigenvalue weighted by Crippen LogP contribution is -2.46. The summed E-state index contributed by atoms with van der Waals surface area (Å²) in [5.41, 5.74) is 8.17. The molecule has 2 aliphatic heterocycles. The fourth-order valence-corrected chi connectivity index (χ4v) is 3.62. The number of piperazine rings is 1. The minimum Gasteiger partial charge on any atom is -0.454 e. The maximum atomic E-state index is 6.34. The smallest absolute Gasteiger partial charge is 0.231 e. The van der Waals surface area contributed by atoms with Gasteiger partial charge in [0, 0.05) is 53.0 Å². The highest BCUT2D eigenvalue weighted by Gasteiger charge is 2.22. The number of fused-ring (bicyclic) bond motifs is 1. The van der Waals surface area contributed by atoms with Crippen LogP contribution in [0, 0.1) is 0 Å². The number of anilines is 3. The van der Waals surface area contributed by atoms with E-state index in [2.05, 4.69) is 37.2 Å². The van der Waals surface area contributed by atoms with Gasteiger partial charge in [-0.3, -0.25) is 4.90 Å². The van der Waals surface area contributed by atoms with Crippen LogP contribution in [0.1, 0.15) is 12.0 Å². The lowest BCUT2D eigenvalue weighted by molar-refractivity contribution is 0.174. The molecule has 1 aromatic carbocycles. The maximum absolute atomic E-state index is 6.34. The number of nitrogens with one attached hydrogen (secondary N) is 1. The number of hydrogen-bond acceptors (Lipinski definition) is 9. The molecule has 0 atom stereocenters. The van der Waals surface area contributed by atoms with Gasteiger partial charge in [0.2, 0.25) is 6.79 Å². The van der Waals surface area contributed by atoms with E-state index in [0.717, 1.165) is 63.0 Å².